The molecule has 0 bridgehead atoms. The van der Waals surface area contributed by atoms with Gasteiger partial charge >= 0.3 is 5.97 Å². The number of carboxylic acids is 1. The monoisotopic (exact) mass is 197 g/mol. The maximum Gasteiger partial charge on any atom is 0.310 e. The Balaban J connectivity index is 3.27. The van der Waals surface area contributed by atoms with Crippen LogP contribution in [0.2, 0.25) is 0 Å². The Morgan fingerprint density at radius 3 is 2.57 bits per heavy atom. The van der Waals surface area contributed by atoms with E-state index in [0.29, 0.717) is 11.3 Å². The van der Waals surface area contributed by atoms with E-state index in [1.807, 2.05) is 0 Å². The highest BCUT2D eigenvalue weighted by molar-refractivity contribution is 5.76. The first-order valence-electron chi connectivity index (χ1n) is 4.21. The van der Waals surface area contributed by atoms with E-state index in [1.54, 1.807) is 13.0 Å². The third kappa shape index (κ3) is 1.84. The molecule has 0 saturated heterocycles. The minimum Gasteiger partial charge on any atom is -0.481 e. The van der Waals surface area contributed by atoms with Crippen LogP contribution in [0.3, 0.4) is 0 Å². The number of aryl methyl sites for hydroxylation is 1. The van der Waals surface area contributed by atoms with Gasteiger partial charge in [-0.25, -0.2) is 4.39 Å². The zero-order valence-electron chi connectivity index (χ0n) is 8.04. The average Bonchev–Trinajstić information content (AvgIpc) is 2.01. The second kappa shape index (κ2) is 3.65. The van der Waals surface area contributed by atoms with Crippen LogP contribution in [0.1, 0.15) is 24.0 Å². The van der Waals surface area contributed by atoms with Gasteiger partial charge in [0.25, 0.3) is 0 Å². The number of hydrogen-bond acceptors (Lipinski definition) is 2. The molecule has 0 fully saturated rings. The molecule has 0 spiro atoms. The molecular formula is C10H12FNO2. The zero-order chi connectivity index (χ0) is 10.9. The van der Waals surface area contributed by atoms with E-state index < -0.39 is 17.7 Å². The quantitative estimate of drug-likeness (QED) is 0.712. The van der Waals surface area contributed by atoms with Gasteiger partial charge in [-0.15, -0.1) is 0 Å². The fraction of sp³-hybridized carbons (Fsp3) is 0.300. The lowest BCUT2D eigenvalue weighted by molar-refractivity contribution is -0.138. The first kappa shape index (κ1) is 10.5. The molecule has 0 aliphatic heterocycles. The van der Waals surface area contributed by atoms with Crippen LogP contribution >= 0.6 is 0 Å². The van der Waals surface area contributed by atoms with Crippen LogP contribution in [0.15, 0.2) is 12.1 Å². The lowest BCUT2D eigenvalue weighted by atomic mass is 9.95. The van der Waals surface area contributed by atoms with Crippen LogP contribution in [0, 0.1) is 12.7 Å². The fourth-order valence-corrected chi connectivity index (χ4v) is 1.45. The predicted molar refractivity (Wildman–Crippen MR) is 51.6 cm³/mol. The molecule has 0 amide bonds. The summed E-state index contributed by atoms with van der Waals surface area (Å²) in [6.45, 7) is 3.10. The number of hydrogen-bond donors (Lipinski definition) is 2. The number of rotatable bonds is 2. The smallest absolute Gasteiger partial charge is 0.310 e. The Labute approximate surface area is 81.4 Å². The molecule has 1 aromatic carbocycles. The van der Waals surface area contributed by atoms with Crippen molar-refractivity contribution >= 4 is 11.7 Å². The van der Waals surface area contributed by atoms with Crippen molar-refractivity contribution < 1.29 is 14.3 Å². The molecule has 4 heteroatoms. The number of anilines is 1. The summed E-state index contributed by atoms with van der Waals surface area (Å²) in [4.78, 5) is 10.7. The molecule has 1 aromatic rings. The van der Waals surface area contributed by atoms with Gasteiger partial charge in [0.05, 0.1) is 5.92 Å². The molecule has 1 atom stereocenters. The Bertz CT molecular complexity index is 353. The number of nitrogens with two attached hydrogens (primary N) is 1. The van der Waals surface area contributed by atoms with E-state index >= 15 is 0 Å². The molecule has 76 valence electrons. The van der Waals surface area contributed by atoms with Crippen molar-refractivity contribution in [3.63, 3.8) is 0 Å². The van der Waals surface area contributed by atoms with E-state index in [-0.39, 0.29) is 5.56 Å². The number of aliphatic carboxylic acids is 1. The highest BCUT2D eigenvalue weighted by atomic mass is 19.1. The summed E-state index contributed by atoms with van der Waals surface area (Å²) in [5.41, 5.74) is 6.49. The lowest BCUT2D eigenvalue weighted by Gasteiger charge is -2.12. The average molecular weight is 197 g/mol. The summed E-state index contributed by atoms with van der Waals surface area (Å²) >= 11 is 0. The third-order valence-electron chi connectivity index (χ3n) is 2.16. The molecule has 0 aliphatic carbocycles. The third-order valence-corrected chi connectivity index (χ3v) is 2.16. The zero-order valence-corrected chi connectivity index (χ0v) is 8.04. The van der Waals surface area contributed by atoms with Crippen molar-refractivity contribution in [1.82, 2.24) is 0 Å². The van der Waals surface area contributed by atoms with Crippen LogP contribution in [-0.4, -0.2) is 11.1 Å². The normalized spacial score (nSPS) is 12.5. The summed E-state index contributed by atoms with van der Waals surface area (Å²) in [5.74, 6) is -2.45. The van der Waals surface area contributed by atoms with Crippen LogP contribution in [0.5, 0.6) is 0 Å². The molecule has 14 heavy (non-hydrogen) atoms. The van der Waals surface area contributed by atoms with E-state index in [2.05, 4.69) is 0 Å². The molecule has 3 N–H and O–H groups in total. The van der Waals surface area contributed by atoms with E-state index in [1.165, 1.54) is 6.92 Å². The summed E-state index contributed by atoms with van der Waals surface area (Å²) in [5, 5.41) is 8.76. The fourth-order valence-electron chi connectivity index (χ4n) is 1.45. The van der Waals surface area contributed by atoms with Crippen LogP contribution in [0.25, 0.3) is 0 Å². The highest BCUT2D eigenvalue weighted by Crippen LogP contribution is 2.25. The van der Waals surface area contributed by atoms with Gasteiger partial charge in [0.2, 0.25) is 0 Å². The Kier molecular flexibility index (Phi) is 2.74. The summed E-state index contributed by atoms with van der Waals surface area (Å²) < 4.78 is 13.4. The van der Waals surface area contributed by atoms with Crippen LogP contribution < -0.4 is 5.73 Å². The van der Waals surface area contributed by atoms with Crippen LogP contribution in [-0.2, 0) is 4.79 Å². The molecule has 0 radical (unpaired) electrons. The van der Waals surface area contributed by atoms with Gasteiger partial charge in [-0.3, -0.25) is 4.79 Å². The van der Waals surface area contributed by atoms with Gasteiger partial charge in [-0.2, -0.15) is 0 Å². The standard InChI is InChI=1S/C10H12FNO2/c1-5-3-7(12)4-8(11)9(5)6(2)10(13)14/h3-4,6H,12H2,1-2H3,(H,13,14). The first-order valence-corrected chi connectivity index (χ1v) is 4.21. The second-order valence-electron chi connectivity index (χ2n) is 3.29. The van der Waals surface area contributed by atoms with Crippen molar-refractivity contribution in [2.24, 2.45) is 0 Å². The maximum absolute atomic E-state index is 13.4. The second-order valence-corrected chi connectivity index (χ2v) is 3.29. The van der Waals surface area contributed by atoms with Crippen molar-refractivity contribution in [1.29, 1.82) is 0 Å². The van der Waals surface area contributed by atoms with E-state index in [4.69, 9.17) is 10.8 Å². The Morgan fingerprint density at radius 1 is 1.57 bits per heavy atom. The van der Waals surface area contributed by atoms with Gasteiger partial charge in [0, 0.05) is 11.3 Å². The van der Waals surface area contributed by atoms with Gasteiger partial charge in [-0.1, -0.05) is 0 Å². The van der Waals surface area contributed by atoms with Crippen LogP contribution in [0.4, 0.5) is 10.1 Å². The Hall–Kier alpha value is -1.58. The summed E-state index contributed by atoms with van der Waals surface area (Å²) in [6, 6.07) is 2.71. The maximum atomic E-state index is 13.4. The number of benzene rings is 1. The minimum absolute atomic E-state index is 0.201. The van der Waals surface area contributed by atoms with E-state index in [9.17, 15) is 9.18 Å². The summed E-state index contributed by atoms with van der Waals surface area (Å²) in [7, 11) is 0. The molecule has 3 nitrogen and oxygen atoms in total. The number of carboxylic acid groups (broad SMARTS) is 1. The Morgan fingerprint density at radius 2 is 2.14 bits per heavy atom. The molecular weight excluding hydrogens is 185 g/mol. The topological polar surface area (TPSA) is 63.3 Å². The van der Waals surface area contributed by atoms with Gasteiger partial charge in [-0.05, 0) is 31.5 Å². The van der Waals surface area contributed by atoms with Gasteiger partial charge < -0.3 is 10.8 Å². The molecule has 0 aromatic heterocycles. The molecule has 0 heterocycles. The number of halogens is 1. The number of carbonyl (C=O) groups is 1. The molecule has 0 saturated carbocycles. The highest BCUT2D eigenvalue weighted by Gasteiger charge is 2.20. The largest absolute Gasteiger partial charge is 0.481 e. The molecule has 1 rings (SSSR count). The molecule has 0 aliphatic rings. The minimum atomic E-state index is -1.04. The lowest BCUT2D eigenvalue weighted by Crippen LogP contribution is -2.11. The van der Waals surface area contributed by atoms with Gasteiger partial charge in [0.1, 0.15) is 5.82 Å². The van der Waals surface area contributed by atoms with E-state index in [0.717, 1.165) is 6.07 Å². The van der Waals surface area contributed by atoms with Crippen molar-refractivity contribution in [3.05, 3.63) is 29.1 Å². The van der Waals surface area contributed by atoms with Crippen molar-refractivity contribution in [2.75, 3.05) is 5.73 Å². The summed E-state index contributed by atoms with van der Waals surface area (Å²) in [6.07, 6.45) is 0. The predicted octanol–water partition coefficient (Wildman–Crippen LogP) is 1.90. The van der Waals surface area contributed by atoms with Crippen molar-refractivity contribution in [3.8, 4) is 0 Å². The number of nitrogen functional groups attached to an aromatic ring is 1. The molecule has 1 unspecified atom stereocenters. The van der Waals surface area contributed by atoms with Crippen molar-refractivity contribution in [2.45, 2.75) is 19.8 Å². The SMILES string of the molecule is Cc1cc(N)cc(F)c1C(C)C(=O)O. The first-order chi connectivity index (χ1) is 6.43. The van der Waals surface area contributed by atoms with Gasteiger partial charge in [0.15, 0.2) is 0 Å².